The molecule has 122 valence electrons. The first-order chi connectivity index (χ1) is 10.2. The molecule has 0 aromatic heterocycles. The summed E-state index contributed by atoms with van der Waals surface area (Å²) in [5, 5.41) is 8.53. The quantitative estimate of drug-likeness (QED) is 0.531. The number of ether oxygens (including phenoxy) is 1. The highest BCUT2D eigenvalue weighted by molar-refractivity contribution is 5.83. The van der Waals surface area contributed by atoms with Gasteiger partial charge in [0, 0.05) is 19.5 Å². The number of carboxylic acids is 1. The molecule has 0 aromatic rings. The molecule has 0 amide bonds. The van der Waals surface area contributed by atoms with Crippen LogP contribution in [0, 0.1) is 0 Å². The Kier molecular flexibility index (Phi) is 9.87. The van der Waals surface area contributed by atoms with E-state index in [1.54, 1.807) is 0 Å². The van der Waals surface area contributed by atoms with Crippen LogP contribution in [-0.4, -0.2) is 54.7 Å². The number of hydrogen-bond donors (Lipinski definition) is 1. The topological polar surface area (TPSA) is 62.1 Å². The van der Waals surface area contributed by atoms with Gasteiger partial charge in [-0.15, -0.1) is 0 Å². The van der Waals surface area contributed by atoms with Crippen LogP contribution in [0.3, 0.4) is 0 Å². The summed E-state index contributed by atoms with van der Waals surface area (Å²) in [6.07, 6.45) is 8.99. The van der Waals surface area contributed by atoms with Gasteiger partial charge in [-0.2, -0.15) is 0 Å². The summed E-state index contributed by atoms with van der Waals surface area (Å²) in [5.74, 6) is 0.411. The Morgan fingerprint density at radius 2 is 2.00 bits per heavy atom. The zero-order valence-electron chi connectivity index (χ0n) is 13.4. The lowest BCUT2D eigenvalue weighted by molar-refractivity contribution is -0.138. The third kappa shape index (κ3) is 8.71. The van der Waals surface area contributed by atoms with E-state index >= 15 is 0 Å². The second-order valence-electron chi connectivity index (χ2n) is 5.56. The molecule has 0 aromatic carbocycles. The minimum absolute atomic E-state index is 0.0821. The molecule has 0 atom stereocenters. The molecule has 0 fully saturated rings. The van der Waals surface area contributed by atoms with Crippen LogP contribution in [0.15, 0.2) is 4.99 Å². The number of hydrogen-bond acceptors (Lipinski definition) is 4. The monoisotopic (exact) mass is 298 g/mol. The van der Waals surface area contributed by atoms with Crippen LogP contribution >= 0.6 is 0 Å². The standard InChI is InChI=1S/C16H30N2O3/c1-2-3-4-5-6-7-8-15-17-10-11-18(15)12-14-21-13-9-16(19)20/h2-14H2,1H3,(H,19,20). The van der Waals surface area contributed by atoms with E-state index in [1.165, 1.54) is 44.4 Å². The third-order valence-corrected chi connectivity index (χ3v) is 3.75. The maximum Gasteiger partial charge on any atom is 0.305 e. The maximum absolute atomic E-state index is 10.4. The summed E-state index contributed by atoms with van der Waals surface area (Å²) in [4.78, 5) is 17.2. The number of aliphatic carboxylic acids is 1. The van der Waals surface area contributed by atoms with Crippen LogP contribution in [0.1, 0.15) is 58.3 Å². The highest BCUT2D eigenvalue weighted by atomic mass is 16.5. The van der Waals surface area contributed by atoms with Gasteiger partial charge in [-0.1, -0.05) is 39.0 Å². The second-order valence-corrected chi connectivity index (χ2v) is 5.56. The molecule has 0 bridgehead atoms. The number of nitrogens with zero attached hydrogens (tertiary/aromatic N) is 2. The molecule has 1 aliphatic heterocycles. The average Bonchev–Trinajstić information content (AvgIpc) is 2.89. The van der Waals surface area contributed by atoms with Crippen LogP contribution in [0.25, 0.3) is 0 Å². The van der Waals surface area contributed by atoms with Gasteiger partial charge < -0.3 is 14.7 Å². The smallest absolute Gasteiger partial charge is 0.305 e. The predicted octanol–water partition coefficient (Wildman–Crippen LogP) is 2.94. The van der Waals surface area contributed by atoms with Gasteiger partial charge in [-0.25, -0.2) is 0 Å². The summed E-state index contributed by atoms with van der Waals surface area (Å²) in [6.45, 7) is 5.82. The Hall–Kier alpha value is -1.10. The van der Waals surface area contributed by atoms with E-state index < -0.39 is 5.97 Å². The van der Waals surface area contributed by atoms with Crippen molar-refractivity contribution in [2.75, 3.05) is 32.8 Å². The molecule has 0 aliphatic carbocycles. The average molecular weight is 298 g/mol. The van der Waals surface area contributed by atoms with Crippen molar-refractivity contribution < 1.29 is 14.6 Å². The number of amidine groups is 1. The van der Waals surface area contributed by atoms with Crippen molar-refractivity contribution >= 4 is 11.8 Å². The van der Waals surface area contributed by atoms with Crippen LogP contribution in [-0.2, 0) is 9.53 Å². The Morgan fingerprint density at radius 3 is 2.76 bits per heavy atom. The maximum atomic E-state index is 10.4. The van der Waals surface area contributed by atoms with Gasteiger partial charge >= 0.3 is 5.97 Å². The van der Waals surface area contributed by atoms with Crippen LogP contribution in [0.5, 0.6) is 0 Å². The van der Waals surface area contributed by atoms with E-state index in [1.807, 2.05) is 0 Å². The Balaban J connectivity index is 2.04. The lowest BCUT2D eigenvalue weighted by Crippen LogP contribution is -2.31. The van der Waals surface area contributed by atoms with E-state index in [0.29, 0.717) is 13.2 Å². The Morgan fingerprint density at radius 1 is 1.24 bits per heavy atom. The molecule has 5 heteroatoms. The van der Waals surface area contributed by atoms with Gasteiger partial charge in [0.1, 0.15) is 0 Å². The largest absolute Gasteiger partial charge is 0.481 e. The number of carbonyl (C=O) groups is 1. The molecule has 0 unspecified atom stereocenters. The lowest BCUT2D eigenvalue weighted by Gasteiger charge is -2.20. The molecular formula is C16H30N2O3. The number of unbranched alkanes of at least 4 members (excludes halogenated alkanes) is 5. The first kappa shape index (κ1) is 18.0. The van der Waals surface area contributed by atoms with Gasteiger partial charge in [0.15, 0.2) is 0 Å². The van der Waals surface area contributed by atoms with E-state index in [0.717, 1.165) is 26.1 Å². The molecule has 1 heterocycles. The fraction of sp³-hybridized carbons (Fsp3) is 0.875. The molecule has 0 radical (unpaired) electrons. The molecule has 0 saturated heterocycles. The Labute approximate surface area is 128 Å². The van der Waals surface area contributed by atoms with E-state index in [4.69, 9.17) is 9.84 Å². The number of rotatable bonds is 13. The SMILES string of the molecule is CCCCCCCCC1=NCCN1CCOCCC(=O)O. The van der Waals surface area contributed by atoms with Crippen molar-refractivity contribution in [3.63, 3.8) is 0 Å². The number of carboxylic acid groups (broad SMARTS) is 1. The summed E-state index contributed by atoms with van der Waals surface area (Å²) in [5.41, 5.74) is 0. The van der Waals surface area contributed by atoms with Crippen molar-refractivity contribution in [3.05, 3.63) is 0 Å². The fourth-order valence-corrected chi connectivity index (χ4v) is 2.51. The third-order valence-electron chi connectivity index (χ3n) is 3.75. The second kappa shape index (κ2) is 11.5. The first-order valence-corrected chi connectivity index (χ1v) is 8.32. The fourth-order valence-electron chi connectivity index (χ4n) is 2.51. The molecule has 0 spiro atoms. The zero-order valence-corrected chi connectivity index (χ0v) is 13.4. The summed E-state index contributed by atoms with van der Waals surface area (Å²) in [6, 6.07) is 0. The molecule has 1 rings (SSSR count). The molecular weight excluding hydrogens is 268 g/mol. The van der Waals surface area contributed by atoms with Gasteiger partial charge in [-0.3, -0.25) is 9.79 Å². The van der Waals surface area contributed by atoms with Crippen molar-refractivity contribution in [2.24, 2.45) is 4.99 Å². The predicted molar refractivity (Wildman–Crippen MR) is 84.9 cm³/mol. The first-order valence-electron chi connectivity index (χ1n) is 8.32. The minimum Gasteiger partial charge on any atom is -0.481 e. The van der Waals surface area contributed by atoms with Crippen molar-refractivity contribution in [1.82, 2.24) is 4.90 Å². The van der Waals surface area contributed by atoms with Crippen LogP contribution in [0.4, 0.5) is 0 Å². The Bertz CT molecular complexity index is 319. The molecule has 5 nitrogen and oxygen atoms in total. The summed E-state index contributed by atoms with van der Waals surface area (Å²) >= 11 is 0. The molecule has 1 N–H and O–H groups in total. The number of aliphatic imine (C=N–C) groups is 1. The zero-order chi connectivity index (χ0) is 15.3. The van der Waals surface area contributed by atoms with E-state index in [9.17, 15) is 4.79 Å². The van der Waals surface area contributed by atoms with Gasteiger partial charge in [0.2, 0.25) is 0 Å². The minimum atomic E-state index is -0.804. The van der Waals surface area contributed by atoms with Crippen molar-refractivity contribution in [2.45, 2.75) is 58.3 Å². The van der Waals surface area contributed by atoms with E-state index in [-0.39, 0.29) is 6.42 Å². The van der Waals surface area contributed by atoms with Crippen LogP contribution in [0.2, 0.25) is 0 Å². The van der Waals surface area contributed by atoms with Crippen molar-refractivity contribution in [3.8, 4) is 0 Å². The van der Waals surface area contributed by atoms with Gasteiger partial charge in [0.25, 0.3) is 0 Å². The van der Waals surface area contributed by atoms with E-state index in [2.05, 4.69) is 16.8 Å². The van der Waals surface area contributed by atoms with Gasteiger partial charge in [-0.05, 0) is 6.42 Å². The highest BCUT2D eigenvalue weighted by Crippen LogP contribution is 2.11. The highest BCUT2D eigenvalue weighted by Gasteiger charge is 2.15. The van der Waals surface area contributed by atoms with Crippen molar-refractivity contribution in [1.29, 1.82) is 0 Å². The summed E-state index contributed by atoms with van der Waals surface area (Å²) in [7, 11) is 0. The van der Waals surface area contributed by atoms with Gasteiger partial charge in [0.05, 0.1) is 32.0 Å². The molecule has 1 aliphatic rings. The molecule has 0 saturated carbocycles. The van der Waals surface area contributed by atoms with Crippen LogP contribution < -0.4 is 0 Å². The summed E-state index contributed by atoms with van der Waals surface area (Å²) < 4.78 is 5.35. The normalized spacial score (nSPS) is 14.5. The lowest BCUT2D eigenvalue weighted by atomic mass is 10.1. The molecule has 21 heavy (non-hydrogen) atoms.